The second kappa shape index (κ2) is 7.91. The Morgan fingerprint density at radius 2 is 2.08 bits per heavy atom. The van der Waals surface area contributed by atoms with Gasteiger partial charge in [0.15, 0.2) is 0 Å². The molecular formula is C20H21BrN2O3. The Morgan fingerprint density at radius 1 is 1.31 bits per heavy atom. The molecule has 0 saturated heterocycles. The van der Waals surface area contributed by atoms with E-state index in [1.807, 2.05) is 28.9 Å². The van der Waals surface area contributed by atoms with E-state index in [4.69, 9.17) is 14.9 Å². The molecule has 136 valence electrons. The third kappa shape index (κ3) is 3.90. The van der Waals surface area contributed by atoms with Crippen LogP contribution in [0.4, 0.5) is 0 Å². The first-order valence-electron chi connectivity index (χ1n) is 8.58. The van der Waals surface area contributed by atoms with Gasteiger partial charge in [0.05, 0.1) is 11.9 Å². The second-order valence-corrected chi connectivity index (χ2v) is 7.19. The van der Waals surface area contributed by atoms with Crippen LogP contribution >= 0.6 is 15.9 Å². The van der Waals surface area contributed by atoms with Gasteiger partial charge in [-0.25, -0.2) is 0 Å². The topological polar surface area (TPSA) is 64.4 Å². The number of fused-ring (bicyclic) bond motifs is 1. The van der Waals surface area contributed by atoms with Crippen LogP contribution in [-0.4, -0.2) is 20.9 Å². The highest BCUT2D eigenvalue weighted by molar-refractivity contribution is 9.10. The highest BCUT2D eigenvalue weighted by Crippen LogP contribution is 2.28. The summed E-state index contributed by atoms with van der Waals surface area (Å²) in [5, 5.41) is 14.9. The minimum Gasteiger partial charge on any atom is -0.487 e. The number of carboxylic acids is 1. The lowest BCUT2D eigenvalue weighted by atomic mass is 10.1. The Kier molecular flexibility index (Phi) is 5.61. The average Bonchev–Trinajstić information content (AvgIpc) is 2.97. The van der Waals surface area contributed by atoms with Crippen molar-refractivity contribution in [2.45, 2.75) is 39.3 Å². The van der Waals surface area contributed by atoms with Gasteiger partial charge < -0.3 is 9.84 Å². The van der Waals surface area contributed by atoms with Gasteiger partial charge in [0, 0.05) is 21.5 Å². The van der Waals surface area contributed by atoms with Gasteiger partial charge in [0.25, 0.3) is 0 Å². The smallest absolute Gasteiger partial charge is 0.307 e. The second-order valence-electron chi connectivity index (χ2n) is 6.28. The lowest BCUT2D eigenvalue weighted by Gasteiger charge is -2.10. The number of aliphatic carboxylic acids is 1. The van der Waals surface area contributed by atoms with Crippen LogP contribution < -0.4 is 4.74 Å². The molecule has 2 aromatic carbocycles. The number of rotatable bonds is 7. The molecule has 0 spiro atoms. The van der Waals surface area contributed by atoms with Crippen molar-refractivity contribution in [1.82, 2.24) is 9.78 Å². The highest BCUT2D eigenvalue weighted by Gasteiger charge is 2.16. The summed E-state index contributed by atoms with van der Waals surface area (Å²) in [6, 6.07) is 13.6. The Labute approximate surface area is 160 Å². The zero-order chi connectivity index (χ0) is 18.7. The number of nitrogens with zero attached hydrogens (tertiary/aromatic N) is 2. The first kappa shape index (κ1) is 18.5. The molecule has 3 aromatic rings. The number of carboxylic acid groups (broad SMARTS) is 1. The average molecular weight is 417 g/mol. The molecule has 3 rings (SSSR count). The molecule has 0 radical (unpaired) electrons. The molecule has 1 atom stereocenters. The minimum atomic E-state index is -0.878. The van der Waals surface area contributed by atoms with Gasteiger partial charge in [-0.1, -0.05) is 41.1 Å². The third-order valence-electron chi connectivity index (χ3n) is 4.43. The molecule has 1 heterocycles. The Hall–Kier alpha value is -2.34. The standard InChI is InChI=1S/C20H21BrN2O3/c1-3-13(2)23-18-9-8-15(21)11-16(18)17(22-23)12-26-19-7-5-4-6-14(19)10-20(24)25/h4-9,11,13H,3,10,12H2,1-2H3,(H,24,25). The van der Waals surface area contributed by atoms with Crippen LogP contribution in [0.3, 0.4) is 0 Å². The molecule has 1 N–H and O–H groups in total. The van der Waals surface area contributed by atoms with Gasteiger partial charge in [-0.05, 0) is 37.6 Å². The van der Waals surface area contributed by atoms with E-state index in [-0.39, 0.29) is 19.1 Å². The first-order valence-corrected chi connectivity index (χ1v) is 9.38. The van der Waals surface area contributed by atoms with E-state index < -0.39 is 5.97 Å². The lowest BCUT2D eigenvalue weighted by Crippen LogP contribution is -2.07. The van der Waals surface area contributed by atoms with Crippen molar-refractivity contribution < 1.29 is 14.6 Å². The zero-order valence-corrected chi connectivity index (χ0v) is 16.4. The SMILES string of the molecule is CCC(C)n1nc(COc2ccccc2CC(=O)O)c2cc(Br)ccc21. The van der Waals surface area contributed by atoms with E-state index in [1.54, 1.807) is 12.1 Å². The molecule has 0 amide bonds. The van der Waals surface area contributed by atoms with Crippen molar-refractivity contribution in [3.63, 3.8) is 0 Å². The van der Waals surface area contributed by atoms with Crippen molar-refractivity contribution >= 4 is 32.8 Å². The molecule has 0 aliphatic heterocycles. The molecule has 26 heavy (non-hydrogen) atoms. The van der Waals surface area contributed by atoms with Crippen LogP contribution in [0.25, 0.3) is 10.9 Å². The summed E-state index contributed by atoms with van der Waals surface area (Å²) in [4.78, 5) is 11.0. The van der Waals surface area contributed by atoms with E-state index in [0.717, 1.165) is 27.5 Å². The molecule has 1 unspecified atom stereocenters. The van der Waals surface area contributed by atoms with E-state index >= 15 is 0 Å². The summed E-state index contributed by atoms with van der Waals surface area (Å²) < 4.78 is 8.96. The van der Waals surface area contributed by atoms with Crippen LogP contribution in [0.5, 0.6) is 5.75 Å². The molecule has 5 nitrogen and oxygen atoms in total. The van der Waals surface area contributed by atoms with Crippen LogP contribution in [0.2, 0.25) is 0 Å². The van der Waals surface area contributed by atoms with Crippen molar-refractivity contribution in [2.24, 2.45) is 0 Å². The fourth-order valence-electron chi connectivity index (χ4n) is 2.89. The van der Waals surface area contributed by atoms with Crippen molar-refractivity contribution in [1.29, 1.82) is 0 Å². The number of aromatic nitrogens is 2. The van der Waals surface area contributed by atoms with Crippen LogP contribution in [0.1, 0.15) is 37.6 Å². The van der Waals surface area contributed by atoms with E-state index in [1.165, 1.54) is 0 Å². The normalized spacial score (nSPS) is 12.3. The summed E-state index contributed by atoms with van der Waals surface area (Å²) in [5.74, 6) is -0.299. The Morgan fingerprint density at radius 3 is 2.81 bits per heavy atom. The van der Waals surface area contributed by atoms with E-state index in [2.05, 4.69) is 35.8 Å². The molecule has 0 fully saturated rings. The molecular weight excluding hydrogens is 396 g/mol. The summed E-state index contributed by atoms with van der Waals surface area (Å²) >= 11 is 3.52. The largest absolute Gasteiger partial charge is 0.487 e. The number of hydrogen-bond donors (Lipinski definition) is 1. The number of ether oxygens (including phenoxy) is 1. The van der Waals surface area contributed by atoms with Gasteiger partial charge >= 0.3 is 5.97 Å². The van der Waals surface area contributed by atoms with Gasteiger partial charge in [-0.3, -0.25) is 9.48 Å². The van der Waals surface area contributed by atoms with Crippen molar-refractivity contribution in [2.75, 3.05) is 0 Å². The van der Waals surface area contributed by atoms with Crippen molar-refractivity contribution in [3.05, 3.63) is 58.2 Å². The van der Waals surface area contributed by atoms with Crippen LogP contribution in [-0.2, 0) is 17.8 Å². The van der Waals surface area contributed by atoms with Crippen molar-refractivity contribution in [3.8, 4) is 5.75 Å². The monoisotopic (exact) mass is 416 g/mol. The van der Waals surface area contributed by atoms with Gasteiger partial charge in [-0.2, -0.15) is 5.10 Å². The predicted molar refractivity (Wildman–Crippen MR) is 105 cm³/mol. The molecule has 0 bridgehead atoms. The maximum absolute atomic E-state index is 11.0. The van der Waals surface area contributed by atoms with Gasteiger partial charge in [-0.15, -0.1) is 0 Å². The summed E-state index contributed by atoms with van der Waals surface area (Å²) in [6.45, 7) is 4.56. The number of hydrogen-bond acceptors (Lipinski definition) is 3. The number of halogens is 1. The first-order chi connectivity index (χ1) is 12.5. The fourth-order valence-corrected chi connectivity index (χ4v) is 3.25. The third-order valence-corrected chi connectivity index (χ3v) is 4.93. The predicted octanol–water partition coefficient (Wildman–Crippen LogP) is 4.98. The zero-order valence-electron chi connectivity index (χ0n) is 14.8. The number of carbonyl (C=O) groups is 1. The summed E-state index contributed by atoms with van der Waals surface area (Å²) in [7, 11) is 0. The molecule has 0 aliphatic rings. The molecule has 0 saturated carbocycles. The van der Waals surface area contributed by atoms with Crippen LogP contribution in [0, 0.1) is 0 Å². The highest BCUT2D eigenvalue weighted by atomic mass is 79.9. The minimum absolute atomic E-state index is 0.0657. The van der Waals surface area contributed by atoms with E-state index in [9.17, 15) is 4.79 Å². The molecule has 0 aliphatic carbocycles. The number of para-hydroxylation sites is 1. The number of benzene rings is 2. The van der Waals surface area contributed by atoms with Crippen LogP contribution in [0.15, 0.2) is 46.9 Å². The van der Waals surface area contributed by atoms with Gasteiger partial charge in [0.1, 0.15) is 18.1 Å². The maximum Gasteiger partial charge on any atom is 0.307 e. The lowest BCUT2D eigenvalue weighted by molar-refractivity contribution is -0.136. The Bertz CT molecular complexity index is 936. The van der Waals surface area contributed by atoms with E-state index in [0.29, 0.717) is 11.3 Å². The summed E-state index contributed by atoms with van der Waals surface area (Å²) in [5.41, 5.74) is 2.57. The molecule has 1 aromatic heterocycles. The molecule has 6 heteroatoms. The van der Waals surface area contributed by atoms with Gasteiger partial charge in [0.2, 0.25) is 0 Å². The summed E-state index contributed by atoms with van der Waals surface area (Å²) in [6.07, 6.45) is 0.915. The maximum atomic E-state index is 11.0. The Balaban J connectivity index is 1.92. The fraction of sp³-hybridized carbons (Fsp3) is 0.300. The quantitative estimate of drug-likeness (QED) is 0.589.